The Balaban J connectivity index is 1.97. The minimum atomic E-state index is -3.81. The van der Waals surface area contributed by atoms with Crippen molar-refractivity contribution in [1.82, 2.24) is 10.2 Å². The van der Waals surface area contributed by atoms with Crippen LogP contribution in [0.5, 0.6) is 5.75 Å². The number of nitrogens with zero attached hydrogens (tertiary/aromatic N) is 1. The zero-order valence-electron chi connectivity index (χ0n) is 12.5. The maximum absolute atomic E-state index is 12.6. The molecule has 0 saturated carbocycles. The van der Waals surface area contributed by atoms with E-state index in [2.05, 4.69) is 14.9 Å². The largest absolute Gasteiger partial charge is 0.495 e. The van der Waals surface area contributed by atoms with E-state index in [1.165, 1.54) is 19.2 Å². The number of rotatable bonds is 5. The monoisotopic (exact) mass is 363 g/mol. The number of anilines is 1. The molecule has 0 spiro atoms. The van der Waals surface area contributed by atoms with E-state index in [1.807, 2.05) is 0 Å². The van der Waals surface area contributed by atoms with Gasteiger partial charge in [0, 0.05) is 5.56 Å². The number of hydrogen-bond donors (Lipinski definition) is 2. The van der Waals surface area contributed by atoms with Crippen LogP contribution in [0.25, 0.3) is 11.5 Å². The average molecular weight is 363 g/mol. The molecular weight excluding hydrogens is 350 g/mol. The molecule has 2 N–H and O–H groups in total. The first kappa shape index (κ1) is 16.2. The van der Waals surface area contributed by atoms with Gasteiger partial charge in [0.2, 0.25) is 5.89 Å². The molecule has 124 valence electrons. The van der Waals surface area contributed by atoms with Gasteiger partial charge >= 0.3 is 0 Å². The summed E-state index contributed by atoms with van der Waals surface area (Å²) in [5.41, 5.74) is 0.841. The lowest BCUT2D eigenvalue weighted by atomic mass is 10.2. The van der Waals surface area contributed by atoms with Gasteiger partial charge in [-0.05, 0) is 42.5 Å². The summed E-state index contributed by atoms with van der Waals surface area (Å²) in [5, 5.41) is 6.39. The van der Waals surface area contributed by atoms with Gasteiger partial charge in [0.15, 0.2) is 0 Å². The average Bonchev–Trinajstić information content (AvgIpc) is 3.02. The Hall–Kier alpha value is -2.65. The number of nitrogens with one attached hydrogen (secondary N) is 2. The van der Waals surface area contributed by atoms with Crippen LogP contribution in [-0.4, -0.2) is 25.7 Å². The fourth-order valence-electron chi connectivity index (χ4n) is 2.08. The van der Waals surface area contributed by atoms with Crippen LogP contribution in [0.2, 0.25) is 0 Å². The highest BCUT2D eigenvalue weighted by atomic mass is 32.2. The van der Waals surface area contributed by atoms with E-state index in [1.54, 1.807) is 36.4 Å². The molecular formula is C15H13N3O4S2. The first-order valence-electron chi connectivity index (χ1n) is 6.81. The number of para-hydroxylation sites is 2. The number of aromatic nitrogens is 2. The second-order valence-corrected chi connectivity index (χ2v) is 6.81. The lowest BCUT2D eigenvalue weighted by Gasteiger charge is -2.11. The van der Waals surface area contributed by atoms with Crippen molar-refractivity contribution in [3.63, 3.8) is 0 Å². The maximum atomic E-state index is 12.6. The summed E-state index contributed by atoms with van der Waals surface area (Å²) in [6.45, 7) is 0. The van der Waals surface area contributed by atoms with Gasteiger partial charge in [-0.15, -0.1) is 5.10 Å². The van der Waals surface area contributed by atoms with Crippen LogP contribution in [0, 0.1) is 4.84 Å². The smallest absolute Gasteiger partial charge is 0.284 e. The minimum absolute atomic E-state index is 0.0648. The second-order valence-electron chi connectivity index (χ2n) is 4.75. The maximum Gasteiger partial charge on any atom is 0.284 e. The fraction of sp³-hybridized carbons (Fsp3) is 0.0667. The van der Waals surface area contributed by atoms with Crippen molar-refractivity contribution in [1.29, 1.82) is 0 Å². The van der Waals surface area contributed by atoms with E-state index in [0.717, 1.165) is 0 Å². The van der Waals surface area contributed by atoms with Crippen molar-refractivity contribution < 1.29 is 17.6 Å². The molecule has 2 aromatic carbocycles. The Bertz CT molecular complexity index is 1020. The van der Waals surface area contributed by atoms with Crippen LogP contribution in [0.3, 0.4) is 0 Å². The number of H-pyrrole nitrogens is 1. The van der Waals surface area contributed by atoms with Gasteiger partial charge in [-0.25, -0.2) is 13.5 Å². The zero-order valence-corrected chi connectivity index (χ0v) is 14.1. The molecule has 0 amide bonds. The van der Waals surface area contributed by atoms with E-state index in [0.29, 0.717) is 17.0 Å². The molecule has 0 atom stereocenters. The van der Waals surface area contributed by atoms with Crippen molar-refractivity contribution in [2.24, 2.45) is 0 Å². The summed E-state index contributed by atoms with van der Waals surface area (Å²) >= 11 is 4.82. The Labute approximate surface area is 143 Å². The standard InChI is InChI=1S/C15H13N3O4S2/c1-21-13-8-3-2-7-12(13)18-24(19,20)11-6-4-5-10(9-11)14-16-17-15(23)22-14/h2-9,18H,1H3,(H,17,23). The molecule has 24 heavy (non-hydrogen) atoms. The summed E-state index contributed by atoms with van der Waals surface area (Å²) in [7, 11) is -2.33. The van der Waals surface area contributed by atoms with Gasteiger partial charge in [-0.3, -0.25) is 4.72 Å². The summed E-state index contributed by atoms with van der Waals surface area (Å²) in [4.78, 5) is 0.181. The minimum Gasteiger partial charge on any atom is -0.495 e. The first-order chi connectivity index (χ1) is 11.5. The van der Waals surface area contributed by atoms with E-state index in [9.17, 15) is 8.42 Å². The first-order valence-corrected chi connectivity index (χ1v) is 8.70. The summed E-state index contributed by atoms with van der Waals surface area (Å²) in [6, 6.07) is 13.0. The Kier molecular flexibility index (Phi) is 4.36. The summed E-state index contributed by atoms with van der Waals surface area (Å²) in [6.07, 6.45) is 0. The topological polar surface area (TPSA) is 97.2 Å². The molecule has 3 aromatic rings. The molecule has 0 bridgehead atoms. The highest BCUT2D eigenvalue weighted by Gasteiger charge is 2.18. The number of sulfonamides is 1. The molecule has 0 aliphatic rings. The predicted octanol–water partition coefficient (Wildman–Crippen LogP) is 3.21. The SMILES string of the molecule is COc1ccccc1NS(=O)(=O)c1cccc(-c2n[nH]c(=S)o2)c1. The zero-order chi connectivity index (χ0) is 17.2. The molecule has 1 heterocycles. The molecule has 0 radical (unpaired) electrons. The van der Waals surface area contributed by atoms with Gasteiger partial charge in [0.25, 0.3) is 14.9 Å². The number of ether oxygens (including phenoxy) is 1. The second kappa shape index (κ2) is 6.46. The van der Waals surface area contributed by atoms with Crippen molar-refractivity contribution in [3.8, 4) is 17.2 Å². The van der Waals surface area contributed by atoms with E-state index in [4.69, 9.17) is 21.4 Å². The third-order valence-corrected chi connectivity index (χ3v) is 4.72. The molecule has 0 saturated heterocycles. The normalized spacial score (nSPS) is 11.2. The predicted molar refractivity (Wildman–Crippen MR) is 90.9 cm³/mol. The van der Waals surface area contributed by atoms with Crippen LogP contribution in [0.4, 0.5) is 5.69 Å². The molecule has 0 unspecified atom stereocenters. The molecule has 3 rings (SSSR count). The van der Waals surface area contributed by atoms with Crippen LogP contribution < -0.4 is 9.46 Å². The van der Waals surface area contributed by atoms with Gasteiger partial charge in [-0.2, -0.15) is 0 Å². The van der Waals surface area contributed by atoms with Crippen molar-refractivity contribution >= 4 is 27.9 Å². The molecule has 1 aromatic heterocycles. The summed E-state index contributed by atoms with van der Waals surface area (Å²) < 4.78 is 38.1. The lowest BCUT2D eigenvalue weighted by Crippen LogP contribution is -2.13. The summed E-state index contributed by atoms with van der Waals surface area (Å²) in [5.74, 6) is 0.643. The van der Waals surface area contributed by atoms with Crippen molar-refractivity contribution in [2.45, 2.75) is 4.90 Å². The van der Waals surface area contributed by atoms with Crippen LogP contribution in [0.15, 0.2) is 57.8 Å². The number of benzene rings is 2. The van der Waals surface area contributed by atoms with E-state index < -0.39 is 10.0 Å². The van der Waals surface area contributed by atoms with Gasteiger partial charge in [0.05, 0.1) is 17.7 Å². The van der Waals surface area contributed by atoms with Gasteiger partial charge in [0.1, 0.15) is 5.75 Å². The van der Waals surface area contributed by atoms with Crippen molar-refractivity contribution in [2.75, 3.05) is 11.8 Å². The van der Waals surface area contributed by atoms with Gasteiger partial charge in [-0.1, -0.05) is 18.2 Å². The third kappa shape index (κ3) is 3.31. The Morgan fingerprint density at radius 2 is 2.00 bits per heavy atom. The Morgan fingerprint density at radius 3 is 2.71 bits per heavy atom. The molecule has 7 nitrogen and oxygen atoms in total. The number of hydrogen-bond acceptors (Lipinski definition) is 6. The Morgan fingerprint density at radius 1 is 1.21 bits per heavy atom. The van der Waals surface area contributed by atoms with E-state index in [-0.39, 0.29) is 15.6 Å². The quantitative estimate of drug-likeness (QED) is 0.676. The van der Waals surface area contributed by atoms with Crippen LogP contribution in [-0.2, 0) is 10.0 Å². The fourth-order valence-corrected chi connectivity index (χ4v) is 3.32. The third-order valence-electron chi connectivity index (χ3n) is 3.18. The van der Waals surface area contributed by atoms with Crippen LogP contribution in [0.1, 0.15) is 0 Å². The lowest BCUT2D eigenvalue weighted by molar-refractivity contribution is 0.417. The number of methoxy groups -OCH3 is 1. The molecule has 0 aliphatic heterocycles. The molecule has 9 heteroatoms. The number of aromatic amines is 1. The molecule has 0 aliphatic carbocycles. The van der Waals surface area contributed by atoms with Crippen molar-refractivity contribution in [3.05, 3.63) is 53.4 Å². The van der Waals surface area contributed by atoms with Crippen LogP contribution >= 0.6 is 12.2 Å². The molecule has 0 fully saturated rings. The highest BCUT2D eigenvalue weighted by molar-refractivity contribution is 7.92. The highest BCUT2D eigenvalue weighted by Crippen LogP contribution is 2.27. The van der Waals surface area contributed by atoms with Gasteiger partial charge < -0.3 is 9.15 Å². The van der Waals surface area contributed by atoms with E-state index >= 15 is 0 Å².